The lowest BCUT2D eigenvalue weighted by Crippen LogP contribution is -2.05. The zero-order chi connectivity index (χ0) is 24.3. The number of rotatable bonds is 13. The maximum absolute atomic E-state index is 11.3. The van der Waals surface area contributed by atoms with E-state index >= 15 is 0 Å². The van der Waals surface area contributed by atoms with Crippen LogP contribution in [0.2, 0.25) is 0 Å². The fourth-order valence-electron chi connectivity index (χ4n) is 3.74. The van der Waals surface area contributed by atoms with Crippen LogP contribution in [0.3, 0.4) is 0 Å². The Bertz CT molecular complexity index is 1120. The van der Waals surface area contributed by atoms with Crippen LogP contribution in [0.1, 0.15) is 51.9 Å². The minimum atomic E-state index is -0.465. The van der Waals surface area contributed by atoms with E-state index in [0.29, 0.717) is 28.2 Å². The van der Waals surface area contributed by atoms with E-state index in [-0.39, 0.29) is 11.4 Å². The van der Waals surface area contributed by atoms with E-state index in [1.165, 1.54) is 56.4 Å². The molecular weight excluding hydrogens is 434 g/mol. The molecular formula is C25H29N5O4. The van der Waals surface area contributed by atoms with Crippen LogP contribution in [0.5, 0.6) is 0 Å². The van der Waals surface area contributed by atoms with Gasteiger partial charge in [-0.3, -0.25) is 20.2 Å². The van der Waals surface area contributed by atoms with Gasteiger partial charge in [0.15, 0.2) is 0 Å². The van der Waals surface area contributed by atoms with Gasteiger partial charge in [-0.1, -0.05) is 57.6 Å². The van der Waals surface area contributed by atoms with E-state index in [0.717, 1.165) is 19.4 Å². The molecule has 0 saturated heterocycles. The number of nitro benzene ring substituents is 2. The highest BCUT2D eigenvalue weighted by Crippen LogP contribution is 2.33. The summed E-state index contributed by atoms with van der Waals surface area (Å²) in [7, 11) is 0. The van der Waals surface area contributed by atoms with E-state index < -0.39 is 9.85 Å². The highest BCUT2D eigenvalue weighted by molar-refractivity contribution is 5.83. The molecule has 1 aromatic heterocycles. The molecule has 0 aliphatic carbocycles. The van der Waals surface area contributed by atoms with Crippen molar-refractivity contribution in [2.75, 3.05) is 11.9 Å². The summed E-state index contributed by atoms with van der Waals surface area (Å²) in [5, 5.41) is 34.3. The summed E-state index contributed by atoms with van der Waals surface area (Å²) in [5.74, 6) is 0.582. The molecule has 1 N–H and O–H groups in total. The number of non-ortho nitro benzene ring substituents is 2. The van der Waals surface area contributed by atoms with Crippen molar-refractivity contribution in [2.24, 2.45) is 0 Å². The van der Waals surface area contributed by atoms with Gasteiger partial charge in [-0.15, -0.1) is 10.2 Å². The van der Waals surface area contributed by atoms with Crippen molar-refractivity contribution >= 4 is 17.2 Å². The minimum absolute atomic E-state index is 0.0263. The Labute approximate surface area is 198 Å². The fourth-order valence-corrected chi connectivity index (χ4v) is 3.74. The molecule has 3 aromatic rings. The maximum atomic E-state index is 11.3. The number of aromatic nitrogens is 2. The van der Waals surface area contributed by atoms with Crippen molar-refractivity contribution in [3.05, 3.63) is 74.8 Å². The first kappa shape index (κ1) is 24.8. The molecule has 2 aromatic carbocycles. The molecule has 34 heavy (non-hydrogen) atoms. The summed E-state index contributed by atoms with van der Waals surface area (Å²) < 4.78 is 0. The van der Waals surface area contributed by atoms with Gasteiger partial charge in [0.1, 0.15) is 11.5 Å². The Morgan fingerprint density at radius 1 is 0.765 bits per heavy atom. The summed E-state index contributed by atoms with van der Waals surface area (Å²) >= 11 is 0. The van der Waals surface area contributed by atoms with E-state index in [9.17, 15) is 20.2 Å². The minimum Gasteiger partial charge on any atom is -0.369 e. The number of unbranched alkanes of at least 4 members (excludes halogenated alkanes) is 6. The summed E-state index contributed by atoms with van der Waals surface area (Å²) in [4.78, 5) is 21.4. The van der Waals surface area contributed by atoms with Crippen molar-refractivity contribution in [3.8, 4) is 22.4 Å². The average molecular weight is 464 g/mol. The van der Waals surface area contributed by atoms with Gasteiger partial charge in [0, 0.05) is 41.9 Å². The van der Waals surface area contributed by atoms with Crippen LogP contribution in [-0.2, 0) is 0 Å². The number of hydrogen-bond acceptors (Lipinski definition) is 7. The van der Waals surface area contributed by atoms with E-state index in [2.05, 4.69) is 22.4 Å². The van der Waals surface area contributed by atoms with Crippen molar-refractivity contribution in [1.82, 2.24) is 10.2 Å². The van der Waals surface area contributed by atoms with Gasteiger partial charge in [0.25, 0.3) is 11.4 Å². The standard InChI is InChI=1S/C25H29N5O4/c1-2-3-4-5-6-7-8-16-26-24-18-23(20-10-9-11-22(17-20)30(33)34)25(28-27-24)19-12-14-21(15-13-19)29(31)32/h9-15,17-18H,2-8,16H2,1H3,(H,26,27). The van der Waals surface area contributed by atoms with Gasteiger partial charge < -0.3 is 5.32 Å². The van der Waals surface area contributed by atoms with Crippen LogP contribution >= 0.6 is 0 Å². The van der Waals surface area contributed by atoms with E-state index in [4.69, 9.17) is 0 Å². The molecule has 0 fully saturated rings. The molecule has 0 spiro atoms. The quantitative estimate of drug-likeness (QED) is 0.168. The van der Waals surface area contributed by atoms with Gasteiger partial charge >= 0.3 is 0 Å². The van der Waals surface area contributed by atoms with Gasteiger partial charge in [-0.25, -0.2) is 0 Å². The largest absolute Gasteiger partial charge is 0.369 e. The molecule has 0 amide bonds. The molecule has 178 valence electrons. The van der Waals surface area contributed by atoms with Gasteiger partial charge in [-0.05, 0) is 30.2 Å². The van der Waals surface area contributed by atoms with E-state index in [1.807, 2.05) is 6.07 Å². The Hall–Kier alpha value is -3.88. The number of hydrogen-bond donors (Lipinski definition) is 1. The lowest BCUT2D eigenvalue weighted by Gasteiger charge is -2.12. The molecule has 1 heterocycles. The molecule has 0 saturated carbocycles. The third-order valence-electron chi connectivity index (χ3n) is 5.60. The Morgan fingerprint density at radius 2 is 1.44 bits per heavy atom. The molecule has 9 nitrogen and oxygen atoms in total. The third kappa shape index (κ3) is 6.81. The van der Waals surface area contributed by atoms with Crippen LogP contribution in [0, 0.1) is 20.2 Å². The van der Waals surface area contributed by atoms with Crippen LogP contribution in [0.15, 0.2) is 54.6 Å². The summed E-state index contributed by atoms with van der Waals surface area (Å²) in [6.07, 6.45) is 8.44. The van der Waals surface area contributed by atoms with E-state index in [1.54, 1.807) is 24.3 Å². The Kier molecular flexibility index (Phi) is 9.02. The van der Waals surface area contributed by atoms with Crippen molar-refractivity contribution in [1.29, 1.82) is 0 Å². The monoisotopic (exact) mass is 463 g/mol. The number of nitrogens with one attached hydrogen (secondary N) is 1. The predicted molar refractivity (Wildman–Crippen MR) is 133 cm³/mol. The normalized spacial score (nSPS) is 10.7. The first-order chi connectivity index (χ1) is 16.5. The fraction of sp³-hybridized carbons (Fsp3) is 0.360. The van der Waals surface area contributed by atoms with Gasteiger partial charge in [0.05, 0.1) is 9.85 Å². The highest BCUT2D eigenvalue weighted by Gasteiger charge is 2.16. The number of nitrogens with zero attached hydrogens (tertiary/aromatic N) is 4. The van der Waals surface area contributed by atoms with Crippen molar-refractivity contribution in [3.63, 3.8) is 0 Å². The van der Waals surface area contributed by atoms with Crippen molar-refractivity contribution in [2.45, 2.75) is 51.9 Å². The third-order valence-corrected chi connectivity index (χ3v) is 5.60. The summed E-state index contributed by atoms with van der Waals surface area (Å²) in [6.45, 7) is 2.97. The van der Waals surface area contributed by atoms with Crippen molar-refractivity contribution < 1.29 is 9.85 Å². The van der Waals surface area contributed by atoms with Crippen LogP contribution < -0.4 is 5.32 Å². The molecule has 0 atom stereocenters. The second-order valence-electron chi connectivity index (χ2n) is 8.15. The Morgan fingerprint density at radius 3 is 2.12 bits per heavy atom. The molecule has 0 radical (unpaired) electrons. The summed E-state index contributed by atoms with van der Waals surface area (Å²) in [6, 6.07) is 14.2. The lowest BCUT2D eigenvalue weighted by atomic mass is 9.99. The smallest absolute Gasteiger partial charge is 0.270 e. The molecule has 0 bridgehead atoms. The highest BCUT2D eigenvalue weighted by atomic mass is 16.6. The molecule has 3 rings (SSSR count). The first-order valence-electron chi connectivity index (χ1n) is 11.6. The SMILES string of the molecule is CCCCCCCCCNc1cc(-c2cccc([N+](=O)[O-])c2)c(-c2ccc([N+](=O)[O-])cc2)nn1. The van der Waals surface area contributed by atoms with Gasteiger partial charge in [-0.2, -0.15) is 0 Å². The number of benzene rings is 2. The zero-order valence-electron chi connectivity index (χ0n) is 19.3. The first-order valence-corrected chi connectivity index (χ1v) is 11.6. The second kappa shape index (κ2) is 12.4. The maximum Gasteiger partial charge on any atom is 0.270 e. The average Bonchev–Trinajstić information content (AvgIpc) is 2.85. The topological polar surface area (TPSA) is 124 Å². The van der Waals surface area contributed by atoms with Gasteiger partial charge in [0.2, 0.25) is 0 Å². The van der Waals surface area contributed by atoms with Crippen LogP contribution in [-0.4, -0.2) is 26.6 Å². The molecule has 9 heteroatoms. The summed E-state index contributed by atoms with van der Waals surface area (Å²) in [5.41, 5.74) is 2.37. The molecule has 0 aliphatic heterocycles. The van der Waals surface area contributed by atoms with Crippen LogP contribution in [0.4, 0.5) is 17.2 Å². The molecule has 0 aliphatic rings. The second-order valence-corrected chi connectivity index (χ2v) is 8.15. The molecule has 0 unspecified atom stereocenters. The number of anilines is 1. The van der Waals surface area contributed by atoms with Crippen LogP contribution in [0.25, 0.3) is 22.4 Å². The Balaban J connectivity index is 1.81. The number of nitro groups is 2. The lowest BCUT2D eigenvalue weighted by molar-refractivity contribution is -0.385. The zero-order valence-corrected chi connectivity index (χ0v) is 19.3. The predicted octanol–water partition coefficient (Wildman–Crippen LogP) is 6.79.